The number of carbonyl (C=O) groups excluding carboxylic acids is 1. The number of hydrogen-bond acceptors (Lipinski definition) is 8. The first-order valence-corrected chi connectivity index (χ1v) is 13.9. The number of aromatic nitrogens is 3. The summed E-state index contributed by atoms with van der Waals surface area (Å²) in [7, 11) is -1.93. The van der Waals surface area contributed by atoms with Crippen LogP contribution in [0.15, 0.2) is 90.0 Å². The first kappa shape index (κ1) is 26.8. The Morgan fingerprint density at radius 2 is 1.70 bits per heavy atom. The number of benzene rings is 3. The van der Waals surface area contributed by atoms with Crippen LogP contribution in [0, 0.1) is 5.82 Å². The van der Waals surface area contributed by atoms with Gasteiger partial charge in [-0.25, -0.2) is 17.3 Å². The van der Waals surface area contributed by atoms with E-state index in [2.05, 4.69) is 20.7 Å². The van der Waals surface area contributed by atoms with Crippen LogP contribution in [0.3, 0.4) is 0 Å². The largest absolute Gasteiger partial charge is 0.495 e. The van der Waals surface area contributed by atoms with Gasteiger partial charge in [-0.2, -0.15) is 4.98 Å². The van der Waals surface area contributed by atoms with E-state index in [1.165, 1.54) is 43.5 Å². The van der Waals surface area contributed by atoms with Crippen molar-refractivity contribution in [2.24, 2.45) is 5.73 Å². The van der Waals surface area contributed by atoms with E-state index in [0.717, 1.165) is 17.4 Å². The topological polar surface area (TPSA) is 141 Å². The van der Waals surface area contributed by atoms with Crippen molar-refractivity contribution in [3.8, 4) is 16.9 Å². The molecule has 0 saturated heterocycles. The van der Waals surface area contributed by atoms with Gasteiger partial charge in [0.25, 0.3) is 0 Å². The summed E-state index contributed by atoms with van der Waals surface area (Å²) in [4.78, 5) is 17.2. The maximum Gasteiger partial charge on any atom is 0.247 e. The van der Waals surface area contributed by atoms with Gasteiger partial charge in [0.1, 0.15) is 17.6 Å². The van der Waals surface area contributed by atoms with Crippen LogP contribution in [0.1, 0.15) is 11.6 Å². The standard InChI is InChI=1S/C28H25FN6O4S/c1-39-24-15-22(40(2,37)38)12-13-23(24)32-28-33-25-14-7-19(16-35(25)34-28)17-5-10-21(11-6-17)31-27(36)26(30)18-3-8-20(29)9-4-18/h3-16,26H,30H2,1-2H3,(H,31,36)(H,32,34)/t26-/m0/s1. The minimum atomic E-state index is -3.38. The zero-order chi connectivity index (χ0) is 28.4. The Morgan fingerprint density at radius 1 is 1.00 bits per heavy atom. The van der Waals surface area contributed by atoms with Gasteiger partial charge in [0.15, 0.2) is 15.5 Å². The van der Waals surface area contributed by atoms with Crippen LogP contribution in [-0.4, -0.2) is 42.3 Å². The van der Waals surface area contributed by atoms with Crippen LogP contribution in [0.2, 0.25) is 0 Å². The van der Waals surface area contributed by atoms with Crippen molar-refractivity contribution in [1.29, 1.82) is 0 Å². The summed E-state index contributed by atoms with van der Waals surface area (Å²) in [6, 6.07) is 20.0. The van der Waals surface area contributed by atoms with Crippen molar-refractivity contribution in [3.63, 3.8) is 0 Å². The Kier molecular flexibility index (Phi) is 7.20. The van der Waals surface area contributed by atoms with Gasteiger partial charge in [0.2, 0.25) is 11.9 Å². The molecule has 0 radical (unpaired) electrons. The van der Waals surface area contributed by atoms with E-state index in [9.17, 15) is 17.6 Å². The molecule has 0 aliphatic rings. The Morgan fingerprint density at radius 3 is 2.38 bits per heavy atom. The molecule has 0 bridgehead atoms. The third-order valence-corrected chi connectivity index (χ3v) is 7.29. The van der Waals surface area contributed by atoms with Crippen molar-refractivity contribution in [3.05, 3.63) is 96.4 Å². The quantitative estimate of drug-likeness (QED) is 0.255. The van der Waals surface area contributed by atoms with Crippen LogP contribution in [0.5, 0.6) is 5.75 Å². The molecule has 5 rings (SSSR count). The van der Waals surface area contributed by atoms with Gasteiger partial charge >= 0.3 is 0 Å². The number of hydrogen-bond donors (Lipinski definition) is 3. The number of fused-ring (bicyclic) bond motifs is 1. The number of nitrogens with two attached hydrogens (primary N) is 1. The number of ether oxygens (including phenoxy) is 1. The lowest BCUT2D eigenvalue weighted by Gasteiger charge is -2.13. The Labute approximate surface area is 229 Å². The molecule has 204 valence electrons. The molecule has 40 heavy (non-hydrogen) atoms. The van der Waals surface area contributed by atoms with Gasteiger partial charge in [0, 0.05) is 29.8 Å². The molecule has 2 heterocycles. The van der Waals surface area contributed by atoms with Gasteiger partial charge in [0.05, 0.1) is 17.7 Å². The number of anilines is 3. The first-order valence-electron chi connectivity index (χ1n) is 12.0. The molecule has 1 atom stereocenters. The number of halogens is 1. The second-order valence-electron chi connectivity index (χ2n) is 9.01. The highest BCUT2D eigenvalue weighted by Gasteiger charge is 2.17. The minimum absolute atomic E-state index is 0.142. The van der Waals surface area contributed by atoms with Gasteiger partial charge < -0.3 is 21.1 Å². The molecule has 0 spiro atoms. The zero-order valence-corrected chi connectivity index (χ0v) is 22.3. The van der Waals surface area contributed by atoms with Crippen LogP contribution in [0.4, 0.5) is 21.7 Å². The van der Waals surface area contributed by atoms with Gasteiger partial charge in [-0.1, -0.05) is 24.3 Å². The van der Waals surface area contributed by atoms with Crippen LogP contribution < -0.4 is 21.1 Å². The molecule has 5 aromatic rings. The van der Waals surface area contributed by atoms with E-state index in [-0.39, 0.29) is 4.90 Å². The molecule has 3 aromatic carbocycles. The molecule has 12 heteroatoms. The van der Waals surface area contributed by atoms with Crippen LogP contribution in [-0.2, 0) is 14.6 Å². The molecular weight excluding hydrogens is 535 g/mol. The lowest BCUT2D eigenvalue weighted by Crippen LogP contribution is -2.27. The number of rotatable bonds is 8. The van der Waals surface area contributed by atoms with Crippen molar-refractivity contribution >= 4 is 38.7 Å². The molecule has 0 aliphatic carbocycles. The summed E-state index contributed by atoms with van der Waals surface area (Å²) in [5.74, 6) is -0.164. The zero-order valence-electron chi connectivity index (χ0n) is 21.5. The van der Waals surface area contributed by atoms with E-state index < -0.39 is 27.6 Å². The first-order chi connectivity index (χ1) is 19.1. The summed E-state index contributed by atoms with van der Waals surface area (Å²) < 4.78 is 43.8. The number of pyridine rings is 1. The van der Waals surface area contributed by atoms with Crippen LogP contribution >= 0.6 is 0 Å². The second kappa shape index (κ2) is 10.8. The molecule has 0 fully saturated rings. The molecule has 10 nitrogen and oxygen atoms in total. The number of nitrogens with zero attached hydrogens (tertiary/aromatic N) is 3. The number of sulfone groups is 1. The van der Waals surface area contributed by atoms with Gasteiger partial charge in [-0.3, -0.25) is 4.79 Å². The highest BCUT2D eigenvalue weighted by Crippen LogP contribution is 2.30. The molecule has 4 N–H and O–H groups in total. The van der Waals surface area contributed by atoms with E-state index >= 15 is 0 Å². The predicted octanol–water partition coefficient (Wildman–Crippen LogP) is 4.33. The van der Waals surface area contributed by atoms with E-state index in [1.807, 2.05) is 30.5 Å². The summed E-state index contributed by atoms with van der Waals surface area (Å²) in [6.07, 6.45) is 2.95. The smallest absolute Gasteiger partial charge is 0.247 e. The lowest BCUT2D eigenvalue weighted by atomic mass is 10.1. The Hall–Kier alpha value is -4.81. The van der Waals surface area contributed by atoms with Crippen molar-refractivity contribution in [2.45, 2.75) is 10.9 Å². The fraction of sp³-hybridized carbons (Fsp3) is 0.107. The highest BCUT2D eigenvalue weighted by molar-refractivity contribution is 7.90. The summed E-state index contributed by atoms with van der Waals surface area (Å²) in [5.41, 5.74) is 9.94. The summed E-state index contributed by atoms with van der Waals surface area (Å²) in [6.45, 7) is 0. The number of carbonyl (C=O) groups is 1. The maximum atomic E-state index is 13.2. The molecule has 2 aromatic heterocycles. The van der Waals surface area contributed by atoms with Crippen molar-refractivity contribution in [1.82, 2.24) is 14.6 Å². The molecule has 0 saturated carbocycles. The molecule has 0 unspecified atom stereocenters. The van der Waals surface area contributed by atoms with Gasteiger partial charge in [-0.15, -0.1) is 5.10 Å². The molecule has 0 aliphatic heterocycles. The average molecular weight is 561 g/mol. The van der Waals surface area contributed by atoms with Crippen molar-refractivity contribution in [2.75, 3.05) is 24.0 Å². The van der Waals surface area contributed by atoms with E-state index in [1.54, 1.807) is 22.7 Å². The van der Waals surface area contributed by atoms with E-state index in [4.69, 9.17) is 10.5 Å². The van der Waals surface area contributed by atoms with Crippen molar-refractivity contribution < 1.29 is 22.3 Å². The van der Waals surface area contributed by atoms with E-state index in [0.29, 0.717) is 34.3 Å². The minimum Gasteiger partial charge on any atom is -0.495 e. The second-order valence-corrected chi connectivity index (χ2v) is 11.0. The lowest BCUT2D eigenvalue weighted by molar-refractivity contribution is -0.117. The third kappa shape index (κ3) is 5.77. The SMILES string of the molecule is COc1cc(S(C)(=O)=O)ccc1Nc1nc2ccc(-c3ccc(NC(=O)[C@@H](N)c4ccc(F)cc4)cc3)cn2n1. The molecular formula is C28H25FN6O4S. The third-order valence-electron chi connectivity index (χ3n) is 6.18. The fourth-order valence-electron chi connectivity index (χ4n) is 4.02. The average Bonchev–Trinajstić information content (AvgIpc) is 3.34. The Bertz CT molecular complexity index is 1810. The monoisotopic (exact) mass is 560 g/mol. The number of nitrogens with one attached hydrogen (secondary N) is 2. The maximum absolute atomic E-state index is 13.2. The van der Waals surface area contributed by atoms with Gasteiger partial charge in [-0.05, 0) is 59.7 Å². The fourth-order valence-corrected chi connectivity index (χ4v) is 4.66. The Balaban J connectivity index is 1.30. The summed E-state index contributed by atoms with van der Waals surface area (Å²) in [5, 5.41) is 10.3. The predicted molar refractivity (Wildman–Crippen MR) is 150 cm³/mol. The van der Waals surface area contributed by atoms with Crippen LogP contribution in [0.25, 0.3) is 16.8 Å². The summed E-state index contributed by atoms with van der Waals surface area (Å²) >= 11 is 0. The normalized spacial score (nSPS) is 12.2. The molecule has 1 amide bonds. The highest BCUT2D eigenvalue weighted by atomic mass is 32.2. The number of methoxy groups -OCH3 is 1. The number of amides is 1.